The van der Waals surface area contributed by atoms with Gasteiger partial charge >= 0.3 is 0 Å². The summed E-state index contributed by atoms with van der Waals surface area (Å²) in [4.78, 5) is 29.8. The van der Waals surface area contributed by atoms with Crippen molar-refractivity contribution in [2.45, 2.75) is 59.4 Å². The maximum Gasteiger partial charge on any atom is 0.271 e. The van der Waals surface area contributed by atoms with E-state index < -0.39 is 0 Å². The van der Waals surface area contributed by atoms with E-state index in [-0.39, 0.29) is 11.5 Å². The summed E-state index contributed by atoms with van der Waals surface area (Å²) >= 11 is 0. The van der Waals surface area contributed by atoms with Crippen molar-refractivity contribution in [2.75, 3.05) is 0 Å². The Morgan fingerprint density at radius 3 is 2.93 bits per heavy atom. The van der Waals surface area contributed by atoms with Crippen LogP contribution < -0.4 is 11.0 Å². The van der Waals surface area contributed by atoms with Crippen molar-refractivity contribution in [2.24, 2.45) is 22.9 Å². The van der Waals surface area contributed by atoms with E-state index in [1.165, 1.54) is 6.42 Å². The van der Waals surface area contributed by atoms with Gasteiger partial charge in [0.1, 0.15) is 5.82 Å². The molecule has 2 atom stereocenters. The van der Waals surface area contributed by atoms with Gasteiger partial charge in [-0.25, -0.2) is 10.4 Å². The number of rotatable bonds is 3. The minimum Gasteiger partial charge on any atom is -0.296 e. The highest BCUT2D eigenvalue weighted by molar-refractivity contribution is 5.98. The lowest BCUT2D eigenvalue weighted by molar-refractivity contribution is 0.0954. The highest BCUT2D eigenvalue weighted by Gasteiger charge is 2.27. The van der Waals surface area contributed by atoms with Crippen LogP contribution in [0.25, 0.3) is 10.9 Å². The van der Waals surface area contributed by atoms with Gasteiger partial charge in [0.05, 0.1) is 10.9 Å². The average Bonchev–Trinajstić information content (AvgIpc) is 3.14. The number of carbonyl (C=O) groups excluding carboxylic acids is 1. The monoisotopic (exact) mass is 380 g/mol. The Bertz CT molecular complexity index is 1010. The minimum absolute atomic E-state index is 0.0133. The molecule has 1 saturated carbocycles. The number of hydrazone groups is 1. The van der Waals surface area contributed by atoms with Gasteiger partial charge in [-0.1, -0.05) is 20.8 Å². The molecular formula is C22H28N4O2. The molecule has 1 fully saturated rings. The third kappa shape index (κ3) is 3.48. The normalized spacial score (nSPS) is 23.4. The van der Waals surface area contributed by atoms with Gasteiger partial charge in [-0.05, 0) is 55.7 Å². The number of aromatic nitrogens is 2. The first-order valence-electron chi connectivity index (χ1n) is 10.3. The Balaban J connectivity index is 1.59. The summed E-state index contributed by atoms with van der Waals surface area (Å²) < 4.78 is 1.74. The fourth-order valence-electron chi connectivity index (χ4n) is 4.50. The maximum atomic E-state index is 12.7. The molecule has 6 nitrogen and oxygen atoms in total. The predicted octanol–water partition coefficient (Wildman–Crippen LogP) is 3.52. The lowest BCUT2D eigenvalue weighted by Crippen LogP contribution is -2.31. The number of nitrogens with one attached hydrogen (secondary N) is 1. The van der Waals surface area contributed by atoms with Gasteiger partial charge in [-0.2, -0.15) is 5.10 Å². The van der Waals surface area contributed by atoms with Crippen LogP contribution in [0.3, 0.4) is 0 Å². The molecule has 2 aliphatic rings. The first-order valence-corrected chi connectivity index (χ1v) is 10.3. The predicted molar refractivity (Wildman–Crippen MR) is 111 cm³/mol. The molecule has 148 valence electrons. The highest BCUT2D eigenvalue weighted by Crippen LogP contribution is 2.31. The van der Waals surface area contributed by atoms with E-state index in [2.05, 4.69) is 36.3 Å². The second-order valence-electron chi connectivity index (χ2n) is 8.60. The molecule has 1 amide bonds. The van der Waals surface area contributed by atoms with Gasteiger partial charge in [-0.3, -0.25) is 14.2 Å². The first-order chi connectivity index (χ1) is 13.4. The molecule has 28 heavy (non-hydrogen) atoms. The van der Waals surface area contributed by atoms with E-state index >= 15 is 0 Å². The molecule has 0 spiro atoms. The van der Waals surface area contributed by atoms with E-state index in [9.17, 15) is 9.59 Å². The van der Waals surface area contributed by atoms with Gasteiger partial charge < -0.3 is 0 Å². The first kappa shape index (κ1) is 18.8. The summed E-state index contributed by atoms with van der Waals surface area (Å²) in [6.45, 7) is 7.39. The van der Waals surface area contributed by atoms with E-state index in [4.69, 9.17) is 0 Å². The molecule has 1 aliphatic heterocycles. The Kier molecular flexibility index (Phi) is 5.04. The molecule has 1 N–H and O–H groups in total. The standard InChI is InChI=1S/C22H28N4O2/c1-13(2)16-8-6-14(3)11-19(16)24-25-21(27)15-7-9-17-18(12-15)23-20-5-4-10-26(20)22(17)28/h7,9,12-14,16H,4-6,8,10-11H2,1-3H3,(H,25,27)/t14-,16-/m0/s1. The second kappa shape index (κ2) is 7.49. The minimum atomic E-state index is -0.252. The van der Waals surface area contributed by atoms with E-state index in [0.717, 1.165) is 43.8 Å². The Morgan fingerprint density at radius 2 is 2.14 bits per heavy atom. The average molecular weight is 380 g/mol. The van der Waals surface area contributed by atoms with Crippen LogP contribution >= 0.6 is 0 Å². The quantitative estimate of drug-likeness (QED) is 0.828. The zero-order valence-electron chi connectivity index (χ0n) is 16.9. The van der Waals surface area contributed by atoms with Crippen molar-refractivity contribution in [3.8, 4) is 0 Å². The van der Waals surface area contributed by atoms with Gasteiger partial charge in [0.15, 0.2) is 0 Å². The zero-order valence-corrected chi connectivity index (χ0v) is 16.9. The van der Waals surface area contributed by atoms with E-state index in [1.54, 1.807) is 22.8 Å². The molecule has 0 bridgehead atoms. The van der Waals surface area contributed by atoms with Gasteiger partial charge in [0.25, 0.3) is 11.5 Å². The SMILES string of the molecule is CC(C)[C@@H]1CC[C@H](C)CC1=NNC(=O)c1ccc2c(=O)n3c(nc2c1)CCC3. The number of benzene rings is 1. The number of nitrogens with zero attached hydrogens (tertiary/aromatic N) is 3. The highest BCUT2D eigenvalue weighted by atomic mass is 16.2. The van der Waals surface area contributed by atoms with Crippen molar-refractivity contribution >= 4 is 22.5 Å². The molecular weight excluding hydrogens is 352 g/mol. The molecule has 1 aromatic carbocycles. The van der Waals surface area contributed by atoms with Crippen LogP contribution in [0.1, 0.15) is 62.6 Å². The molecule has 1 aliphatic carbocycles. The third-order valence-electron chi connectivity index (χ3n) is 6.14. The topological polar surface area (TPSA) is 76.3 Å². The summed E-state index contributed by atoms with van der Waals surface area (Å²) in [6, 6.07) is 5.10. The lowest BCUT2D eigenvalue weighted by Gasteiger charge is -2.30. The summed E-state index contributed by atoms with van der Waals surface area (Å²) in [5.41, 5.74) is 4.90. The van der Waals surface area contributed by atoms with Crippen LogP contribution in [0.5, 0.6) is 0 Å². The number of fused-ring (bicyclic) bond motifs is 2. The number of carbonyl (C=O) groups is 1. The second-order valence-corrected chi connectivity index (χ2v) is 8.60. The maximum absolute atomic E-state index is 12.7. The summed E-state index contributed by atoms with van der Waals surface area (Å²) in [6.07, 6.45) is 5.03. The lowest BCUT2D eigenvalue weighted by atomic mass is 9.76. The van der Waals surface area contributed by atoms with Crippen LogP contribution in [-0.4, -0.2) is 21.2 Å². The van der Waals surface area contributed by atoms with Crippen LogP contribution in [0.4, 0.5) is 0 Å². The Labute approximate surface area is 165 Å². The van der Waals surface area contributed by atoms with Crippen LogP contribution in [0.15, 0.2) is 28.1 Å². The number of hydrogen-bond donors (Lipinski definition) is 1. The Morgan fingerprint density at radius 1 is 1.32 bits per heavy atom. The largest absolute Gasteiger partial charge is 0.296 e. The molecule has 2 heterocycles. The van der Waals surface area contributed by atoms with E-state index in [1.807, 2.05) is 0 Å². The summed E-state index contributed by atoms with van der Waals surface area (Å²) in [5.74, 6) is 2.11. The van der Waals surface area contributed by atoms with Crippen LogP contribution in [0.2, 0.25) is 0 Å². The molecule has 1 aromatic heterocycles. The van der Waals surface area contributed by atoms with Crippen LogP contribution in [-0.2, 0) is 13.0 Å². The third-order valence-corrected chi connectivity index (χ3v) is 6.14. The van der Waals surface area contributed by atoms with Crippen molar-refractivity contribution in [1.82, 2.24) is 15.0 Å². The molecule has 2 aromatic rings. The van der Waals surface area contributed by atoms with Gasteiger partial charge in [-0.15, -0.1) is 0 Å². The fourth-order valence-corrected chi connectivity index (χ4v) is 4.50. The summed E-state index contributed by atoms with van der Waals surface area (Å²) in [7, 11) is 0. The molecule has 0 unspecified atom stereocenters. The van der Waals surface area contributed by atoms with Crippen molar-refractivity contribution in [3.63, 3.8) is 0 Å². The molecule has 0 saturated heterocycles. The van der Waals surface area contributed by atoms with E-state index in [0.29, 0.717) is 34.2 Å². The summed E-state index contributed by atoms with van der Waals surface area (Å²) in [5, 5.41) is 5.06. The van der Waals surface area contributed by atoms with Crippen molar-refractivity contribution < 1.29 is 4.79 Å². The molecule has 4 rings (SSSR count). The van der Waals surface area contributed by atoms with Crippen LogP contribution in [0, 0.1) is 17.8 Å². The van der Waals surface area contributed by atoms with Crippen molar-refractivity contribution in [3.05, 3.63) is 39.9 Å². The Hall–Kier alpha value is -2.50. The molecule has 6 heteroatoms. The number of amides is 1. The zero-order chi connectivity index (χ0) is 19.8. The number of hydrogen-bond acceptors (Lipinski definition) is 4. The molecule has 0 radical (unpaired) electrons. The fraction of sp³-hybridized carbons (Fsp3) is 0.545. The van der Waals surface area contributed by atoms with Gasteiger partial charge in [0, 0.05) is 30.2 Å². The van der Waals surface area contributed by atoms with Crippen molar-refractivity contribution in [1.29, 1.82) is 0 Å². The smallest absolute Gasteiger partial charge is 0.271 e. The van der Waals surface area contributed by atoms with Gasteiger partial charge in [0.2, 0.25) is 0 Å². The number of aryl methyl sites for hydroxylation is 1.